The van der Waals surface area contributed by atoms with Crippen LogP contribution in [0.15, 0.2) is 12.2 Å². The van der Waals surface area contributed by atoms with Gasteiger partial charge in [-0.05, 0) is 26.2 Å². The first-order chi connectivity index (χ1) is 20.3. The first-order valence-corrected chi connectivity index (χ1v) is 15.3. The molecule has 0 saturated carbocycles. The lowest BCUT2D eigenvalue weighted by Crippen LogP contribution is -2.33. The normalized spacial score (nSPS) is 10.8. The predicted octanol–water partition coefficient (Wildman–Crippen LogP) is 2.74. The molecule has 0 aliphatic heterocycles. The first-order valence-electron chi connectivity index (χ1n) is 15.3. The van der Waals surface area contributed by atoms with E-state index in [1.807, 2.05) is 0 Å². The maximum Gasteiger partial charge on any atom is 0.322 e. The number of aliphatic carboxylic acids is 1. The van der Waals surface area contributed by atoms with Crippen LogP contribution in [-0.2, 0) is 38.1 Å². The quantitative estimate of drug-likeness (QED) is 0.0692. The Hall–Kier alpha value is -2.54. The largest absolute Gasteiger partial charge is 0.480 e. The molecule has 0 radical (unpaired) electrons. The van der Waals surface area contributed by atoms with Crippen molar-refractivity contribution in [1.29, 1.82) is 0 Å². The van der Waals surface area contributed by atoms with Crippen molar-refractivity contribution < 1.29 is 43.2 Å². The van der Waals surface area contributed by atoms with Crippen LogP contribution in [-0.4, -0.2) is 101 Å². The molecule has 0 rings (SSSR count). The Morgan fingerprint density at radius 2 is 0.952 bits per heavy atom. The van der Waals surface area contributed by atoms with E-state index in [-0.39, 0.29) is 51.5 Å². The lowest BCUT2D eigenvalue weighted by molar-refractivity contribution is -0.138. The zero-order valence-corrected chi connectivity index (χ0v) is 25.7. The Morgan fingerprint density at radius 3 is 1.43 bits per heavy atom. The molecule has 0 saturated heterocycles. The highest BCUT2D eigenvalue weighted by Crippen LogP contribution is 2.13. The fourth-order valence-corrected chi connectivity index (χ4v) is 3.79. The average Bonchev–Trinajstić information content (AvgIpc) is 2.95. The Bertz CT molecular complexity index is 735. The number of hydrogen-bond donors (Lipinski definition) is 4. The van der Waals surface area contributed by atoms with Gasteiger partial charge in [0, 0.05) is 19.5 Å². The van der Waals surface area contributed by atoms with Crippen LogP contribution in [0.5, 0.6) is 0 Å². The van der Waals surface area contributed by atoms with Gasteiger partial charge in [0.1, 0.15) is 19.8 Å². The monoisotopic (exact) mass is 601 g/mol. The number of allylic oxidation sites excluding steroid dienone is 1. The van der Waals surface area contributed by atoms with Crippen LogP contribution in [0.25, 0.3) is 0 Å². The van der Waals surface area contributed by atoms with Crippen LogP contribution in [0.1, 0.15) is 84.0 Å². The van der Waals surface area contributed by atoms with Gasteiger partial charge in [0.25, 0.3) is 0 Å². The van der Waals surface area contributed by atoms with Crippen molar-refractivity contribution in [2.24, 2.45) is 0 Å². The molecule has 0 fully saturated rings. The first kappa shape index (κ1) is 39.5. The maximum atomic E-state index is 11.9. The molecule has 0 spiro atoms. The molecule has 244 valence electrons. The van der Waals surface area contributed by atoms with Crippen LogP contribution >= 0.6 is 0 Å². The Morgan fingerprint density at radius 1 is 0.548 bits per heavy atom. The van der Waals surface area contributed by atoms with Crippen molar-refractivity contribution in [3.8, 4) is 0 Å². The van der Waals surface area contributed by atoms with E-state index in [0.717, 1.165) is 19.3 Å². The van der Waals surface area contributed by atoms with E-state index in [9.17, 15) is 19.2 Å². The summed E-state index contributed by atoms with van der Waals surface area (Å²) >= 11 is 0. The lowest BCUT2D eigenvalue weighted by Gasteiger charge is -2.09. The number of ether oxygens (including phenoxy) is 4. The fraction of sp³-hybridized carbons (Fsp3) is 0.800. The van der Waals surface area contributed by atoms with E-state index in [0.29, 0.717) is 32.7 Å². The topological polar surface area (TPSA) is 162 Å². The molecule has 0 aromatic carbocycles. The van der Waals surface area contributed by atoms with E-state index in [1.54, 1.807) is 0 Å². The third-order valence-corrected chi connectivity index (χ3v) is 6.04. The SMILES string of the molecule is C=C(C)CCCCCCCCCCCCC(=O)NCCOCCOCC(=O)NCCOCCOCC(=O)NCC(=O)O. The smallest absolute Gasteiger partial charge is 0.322 e. The number of rotatable bonds is 31. The molecule has 4 N–H and O–H groups in total. The number of amides is 3. The standard InChI is InChI=1S/C30H55N3O9/c1-26(2)13-11-9-7-5-3-4-6-8-10-12-14-27(34)31-15-17-39-19-21-41-24-28(35)32-16-18-40-20-22-42-25-29(36)33-23-30(37)38/h1,3-25H2,2H3,(H,31,34)(H,32,35)(H,33,36)(H,37,38). The van der Waals surface area contributed by atoms with Gasteiger partial charge in [-0.3, -0.25) is 19.2 Å². The van der Waals surface area contributed by atoms with E-state index >= 15 is 0 Å². The van der Waals surface area contributed by atoms with Gasteiger partial charge >= 0.3 is 5.97 Å². The molecular formula is C30H55N3O9. The minimum absolute atomic E-state index is 0.0539. The molecule has 42 heavy (non-hydrogen) atoms. The zero-order valence-electron chi connectivity index (χ0n) is 25.7. The van der Waals surface area contributed by atoms with Crippen LogP contribution in [0.3, 0.4) is 0 Å². The van der Waals surface area contributed by atoms with Gasteiger partial charge in [-0.2, -0.15) is 0 Å². The molecule has 0 bridgehead atoms. The number of unbranched alkanes of at least 4 members (excludes halogenated alkanes) is 9. The summed E-state index contributed by atoms with van der Waals surface area (Å²) in [5.74, 6) is -1.87. The highest BCUT2D eigenvalue weighted by Gasteiger charge is 2.04. The second-order valence-corrected chi connectivity index (χ2v) is 10.2. The summed E-state index contributed by atoms with van der Waals surface area (Å²) in [6.45, 7) is 7.65. The van der Waals surface area contributed by atoms with E-state index in [2.05, 4.69) is 29.5 Å². The molecule has 12 heteroatoms. The number of hydrogen-bond acceptors (Lipinski definition) is 8. The van der Waals surface area contributed by atoms with E-state index in [1.165, 1.54) is 56.9 Å². The number of carboxylic acid groups (broad SMARTS) is 1. The second-order valence-electron chi connectivity index (χ2n) is 10.2. The van der Waals surface area contributed by atoms with E-state index in [4.69, 9.17) is 24.1 Å². The Kier molecular flexibility index (Phi) is 28.1. The van der Waals surface area contributed by atoms with Crippen LogP contribution < -0.4 is 16.0 Å². The van der Waals surface area contributed by atoms with Gasteiger partial charge < -0.3 is 40.0 Å². The van der Waals surface area contributed by atoms with Gasteiger partial charge in [0.05, 0.1) is 39.6 Å². The summed E-state index contributed by atoms with van der Waals surface area (Å²) in [7, 11) is 0. The molecule has 3 amide bonds. The zero-order chi connectivity index (χ0) is 31.1. The molecule has 12 nitrogen and oxygen atoms in total. The van der Waals surface area contributed by atoms with Gasteiger partial charge in [-0.1, -0.05) is 56.9 Å². The van der Waals surface area contributed by atoms with Crippen LogP contribution in [0.4, 0.5) is 0 Å². The van der Waals surface area contributed by atoms with Gasteiger partial charge in [0.2, 0.25) is 17.7 Å². The summed E-state index contributed by atoms with van der Waals surface area (Å²) in [4.78, 5) is 45.2. The fourth-order valence-electron chi connectivity index (χ4n) is 3.79. The highest BCUT2D eigenvalue weighted by atomic mass is 16.5. The summed E-state index contributed by atoms with van der Waals surface area (Å²) in [5.41, 5.74) is 1.28. The van der Waals surface area contributed by atoms with Crippen molar-refractivity contribution in [3.05, 3.63) is 12.2 Å². The number of carbonyl (C=O) groups is 4. The molecule has 0 aliphatic carbocycles. The number of carboxylic acids is 1. The third kappa shape index (κ3) is 32.0. The number of carbonyl (C=O) groups excluding carboxylic acids is 3. The van der Waals surface area contributed by atoms with Gasteiger partial charge in [-0.25, -0.2) is 0 Å². The predicted molar refractivity (Wildman–Crippen MR) is 160 cm³/mol. The molecule has 0 aliphatic rings. The Balaban J connectivity index is 3.32. The lowest BCUT2D eigenvalue weighted by atomic mass is 10.0. The molecule has 0 atom stereocenters. The summed E-state index contributed by atoms with van der Waals surface area (Å²) in [6, 6.07) is 0. The Labute approximate surface area is 251 Å². The average molecular weight is 602 g/mol. The molecule has 0 aromatic heterocycles. The minimum atomic E-state index is -1.13. The maximum absolute atomic E-state index is 11.9. The molecule has 0 unspecified atom stereocenters. The molecule has 0 aromatic rings. The van der Waals surface area contributed by atoms with Crippen molar-refractivity contribution in [2.45, 2.75) is 84.0 Å². The second kappa shape index (κ2) is 29.9. The van der Waals surface area contributed by atoms with Crippen LogP contribution in [0.2, 0.25) is 0 Å². The van der Waals surface area contributed by atoms with Crippen molar-refractivity contribution in [3.63, 3.8) is 0 Å². The van der Waals surface area contributed by atoms with Gasteiger partial charge in [-0.15, -0.1) is 6.58 Å². The summed E-state index contributed by atoms with van der Waals surface area (Å²) < 4.78 is 21.0. The highest BCUT2D eigenvalue weighted by molar-refractivity contribution is 5.81. The van der Waals surface area contributed by atoms with Crippen molar-refractivity contribution in [1.82, 2.24) is 16.0 Å². The van der Waals surface area contributed by atoms with Crippen molar-refractivity contribution in [2.75, 3.05) is 72.5 Å². The van der Waals surface area contributed by atoms with E-state index < -0.39 is 18.4 Å². The van der Waals surface area contributed by atoms with Crippen LogP contribution in [0, 0.1) is 0 Å². The van der Waals surface area contributed by atoms with Crippen molar-refractivity contribution >= 4 is 23.7 Å². The van der Waals surface area contributed by atoms with Gasteiger partial charge in [0.15, 0.2) is 0 Å². The molecular weight excluding hydrogens is 546 g/mol. The third-order valence-electron chi connectivity index (χ3n) is 6.04. The molecule has 0 heterocycles. The summed E-state index contributed by atoms with van der Waals surface area (Å²) in [5, 5.41) is 16.1. The minimum Gasteiger partial charge on any atom is -0.480 e. The summed E-state index contributed by atoms with van der Waals surface area (Å²) in [6.07, 6.45) is 14.0. The number of nitrogens with one attached hydrogen (secondary N) is 3.